The first-order chi connectivity index (χ1) is 14.6. The van der Waals surface area contributed by atoms with E-state index in [1.807, 2.05) is 49.4 Å². The van der Waals surface area contributed by atoms with E-state index in [-0.39, 0.29) is 17.7 Å². The number of benzene rings is 2. The van der Waals surface area contributed by atoms with Crippen LogP contribution < -0.4 is 4.90 Å². The van der Waals surface area contributed by atoms with Crippen molar-refractivity contribution in [3.05, 3.63) is 77.2 Å². The first-order valence-corrected chi connectivity index (χ1v) is 10.5. The molecule has 1 atom stereocenters. The van der Waals surface area contributed by atoms with Crippen LogP contribution in [-0.2, 0) is 9.59 Å². The standard InChI is InChI=1S/C24H23N3O3/c1-2-14-26-21-19-13-8-15-25(19)22(28)17-11-6-7-12-18(17)27(21)24(30)20(23(26)29)16-9-4-3-5-10-16/h3-7,9-12,20H,2,8,13-15H2,1H3. The van der Waals surface area contributed by atoms with Crippen LogP contribution >= 0.6 is 0 Å². The van der Waals surface area contributed by atoms with Gasteiger partial charge in [-0.15, -0.1) is 0 Å². The van der Waals surface area contributed by atoms with Gasteiger partial charge in [-0.3, -0.25) is 24.2 Å². The molecule has 0 bridgehead atoms. The highest BCUT2D eigenvalue weighted by Crippen LogP contribution is 2.43. The van der Waals surface area contributed by atoms with Crippen molar-refractivity contribution in [2.45, 2.75) is 32.1 Å². The minimum Gasteiger partial charge on any atom is -0.308 e. The van der Waals surface area contributed by atoms with Gasteiger partial charge in [-0.1, -0.05) is 49.4 Å². The number of anilines is 1. The first kappa shape index (κ1) is 18.6. The molecule has 2 aromatic rings. The number of carbonyl (C=O) groups excluding carboxylic acids is 3. The Morgan fingerprint density at radius 2 is 1.67 bits per heavy atom. The predicted molar refractivity (Wildman–Crippen MR) is 112 cm³/mol. The average molecular weight is 401 g/mol. The summed E-state index contributed by atoms with van der Waals surface area (Å²) in [6.45, 7) is 3.11. The fourth-order valence-corrected chi connectivity index (χ4v) is 4.73. The van der Waals surface area contributed by atoms with Crippen molar-refractivity contribution >= 4 is 23.4 Å². The van der Waals surface area contributed by atoms with E-state index in [9.17, 15) is 14.4 Å². The van der Waals surface area contributed by atoms with Crippen LogP contribution in [0.25, 0.3) is 0 Å². The molecule has 2 fully saturated rings. The maximum atomic E-state index is 13.8. The van der Waals surface area contributed by atoms with Gasteiger partial charge in [0.05, 0.1) is 16.9 Å². The highest BCUT2D eigenvalue weighted by atomic mass is 16.2. The zero-order chi connectivity index (χ0) is 20.8. The van der Waals surface area contributed by atoms with Crippen molar-refractivity contribution in [1.29, 1.82) is 0 Å². The summed E-state index contributed by atoms with van der Waals surface area (Å²) in [7, 11) is 0. The number of fused-ring (bicyclic) bond motifs is 4. The van der Waals surface area contributed by atoms with E-state index in [1.54, 1.807) is 26.8 Å². The van der Waals surface area contributed by atoms with E-state index in [4.69, 9.17) is 0 Å². The molecule has 2 aromatic carbocycles. The Kier molecular flexibility index (Phi) is 4.42. The van der Waals surface area contributed by atoms with Crippen molar-refractivity contribution < 1.29 is 14.4 Å². The Hall–Kier alpha value is -3.41. The second-order valence-electron chi connectivity index (χ2n) is 7.86. The fourth-order valence-electron chi connectivity index (χ4n) is 4.73. The van der Waals surface area contributed by atoms with Gasteiger partial charge in [-0.05, 0) is 37.0 Å². The van der Waals surface area contributed by atoms with Crippen molar-refractivity contribution in [2.24, 2.45) is 0 Å². The molecule has 3 aliphatic rings. The lowest BCUT2D eigenvalue weighted by atomic mass is 9.92. The molecule has 0 aliphatic carbocycles. The van der Waals surface area contributed by atoms with E-state index >= 15 is 0 Å². The fraction of sp³-hybridized carbons (Fsp3) is 0.292. The van der Waals surface area contributed by atoms with Gasteiger partial charge in [0.25, 0.3) is 5.91 Å². The van der Waals surface area contributed by atoms with Crippen LogP contribution in [0.1, 0.15) is 48.0 Å². The van der Waals surface area contributed by atoms with E-state index in [0.29, 0.717) is 42.1 Å². The number of allylic oxidation sites excluding steroid dienone is 1. The number of para-hydroxylation sites is 1. The number of hydrogen-bond donors (Lipinski definition) is 0. The molecule has 3 amide bonds. The predicted octanol–water partition coefficient (Wildman–Crippen LogP) is 3.47. The zero-order valence-electron chi connectivity index (χ0n) is 16.9. The van der Waals surface area contributed by atoms with Gasteiger partial charge in [0, 0.05) is 13.1 Å². The van der Waals surface area contributed by atoms with Gasteiger partial charge in [-0.2, -0.15) is 0 Å². The second kappa shape index (κ2) is 7.13. The Morgan fingerprint density at radius 1 is 0.933 bits per heavy atom. The molecule has 152 valence electrons. The largest absolute Gasteiger partial charge is 0.308 e. The number of carbonyl (C=O) groups is 3. The van der Waals surface area contributed by atoms with Gasteiger partial charge >= 0.3 is 0 Å². The molecule has 3 heterocycles. The van der Waals surface area contributed by atoms with Crippen molar-refractivity contribution in [3.8, 4) is 0 Å². The SMILES string of the molecule is CCCN1C(=O)C(c2ccccc2)C(=O)N2C1=C1CCCN1C(=O)c1ccccc12. The Labute approximate surface area is 175 Å². The van der Waals surface area contributed by atoms with E-state index in [1.165, 1.54) is 0 Å². The Bertz CT molecular complexity index is 1080. The molecule has 6 heteroatoms. The normalized spacial score (nSPS) is 20.9. The van der Waals surface area contributed by atoms with Crippen LogP contribution in [0.4, 0.5) is 5.69 Å². The molecule has 0 radical (unpaired) electrons. The highest BCUT2D eigenvalue weighted by Gasteiger charge is 2.49. The minimum atomic E-state index is -0.918. The van der Waals surface area contributed by atoms with Gasteiger partial charge in [0.2, 0.25) is 11.8 Å². The summed E-state index contributed by atoms with van der Waals surface area (Å²) in [5, 5.41) is 0. The molecule has 0 saturated carbocycles. The topological polar surface area (TPSA) is 60.9 Å². The summed E-state index contributed by atoms with van der Waals surface area (Å²) in [5.74, 6) is -0.971. The molecule has 6 nitrogen and oxygen atoms in total. The van der Waals surface area contributed by atoms with Gasteiger partial charge < -0.3 is 4.90 Å². The molecular weight excluding hydrogens is 378 g/mol. The third-order valence-electron chi connectivity index (χ3n) is 6.03. The lowest BCUT2D eigenvalue weighted by Gasteiger charge is -2.42. The van der Waals surface area contributed by atoms with E-state index < -0.39 is 5.92 Å². The summed E-state index contributed by atoms with van der Waals surface area (Å²) in [6, 6.07) is 16.4. The molecule has 30 heavy (non-hydrogen) atoms. The summed E-state index contributed by atoms with van der Waals surface area (Å²) < 4.78 is 0. The van der Waals surface area contributed by atoms with Gasteiger partial charge in [-0.25, -0.2) is 0 Å². The molecule has 5 rings (SSSR count). The van der Waals surface area contributed by atoms with Crippen LogP contribution in [-0.4, -0.2) is 40.6 Å². The van der Waals surface area contributed by atoms with Crippen LogP contribution in [0, 0.1) is 0 Å². The quantitative estimate of drug-likeness (QED) is 0.740. The van der Waals surface area contributed by atoms with Crippen LogP contribution in [0.2, 0.25) is 0 Å². The lowest BCUT2D eigenvalue weighted by molar-refractivity contribution is -0.139. The minimum absolute atomic E-state index is 0.104. The molecule has 0 aromatic heterocycles. The van der Waals surface area contributed by atoms with Crippen molar-refractivity contribution in [3.63, 3.8) is 0 Å². The maximum Gasteiger partial charge on any atom is 0.260 e. The monoisotopic (exact) mass is 401 g/mol. The summed E-state index contributed by atoms with van der Waals surface area (Å²) in [6.07, 6.45) is 2.25. The number of hydrogen-bond acceptors (Lipinski definition) is 3. The molecule has 1 unspecified atom stereocenters. The van der Waals surface area contributed by atoms with Crippen molar-refractivity contribution in [2.75, 3.05) is 18.0 Å². The summed E-state index contributed by atoms with van der Waals surface area (Å²) in [5.41, 5.74) is 2.50. The Balaban J connectivity index is 1.78. The number of nitrogens with zero attached hydrogens (tertiary/aromatic N) is 3. The Morgan fingerprint density at radius 3 is 2.43 bits per heavy atom. The summed E-state index contributed by atoms with van der Waals surface area (Å²) >= 11 is 0. The molecule has 0 N–H and O–H groups in total. The maximum absolute atomic E-state index is 13.8. The first-order valence-electron chi connectivity index (χ1n) is 10.5. The highest BCUT2D eigenvalue weighted by molar-refractivity contribution is 6.19. The van der Waals surface area contributed by atoms with Gasteiger partial charge in [0.15, 0.2) is 0 Å². The van der Waals surface area contributed by atoms with Gasteiger partial charge in [0.1, 0.15) is 11.7 Å². The number of rotatable bonds is 3. The smallest absolute Gasteiger partial charge is 0.260 e. The number of amides is 3. The third kappa shape index (κ3) is 2.60. The molecular formula is C24H23N3O3. The molecule has 0 spiro atoms. The average Bonchev–Trinajstić information content (AvgIpc) is 3.22. The van der Waals surface area contributed by atoms with E-state index in [2.05, 4.69) is 0 Å². The third-order valence-corrected chi connectivity index (χ3v) is 6.03. The van der Waals surface area contributed by atoms with Crippen LogP contribution in [0.5, 0.6) is 0 Å². The van der Waals surface area contributed by atoms with Crippen molar-refractivity contribution in [1.82, 2.24) is 9.80 Å². The molecule has 2 saturated heterocycles. The molecule has 3 aliphatic heterocycles. The summed E-state index contributed by atoms with van der Waals surface area (Å²) in [4.78, 5) is 45.9. The van der Waals surface area contributed by atoms with Crippen LogP contribution in [0.3, 0.4) is 0 Å². The zero-order valence-corrected chi connectivity index (χ0v) is 16.9. The van der Waals surface area contributed by atoms with E-state index in [0.717, 1.165) is 18.5 Å². The lowest BCUT2D eigenvalue weighted by Crippen LogP contribution is -2.54. The second-order valence-corrected chi connectivity index (χ2v) is 7.86. The van der Waals surface area contributed by atoms with Crippen LogP contribution in [0.15, 0.2) is 66.1 Å².